The third-order valence-electron chi connectivity index (χ3n) is 23.4. The van der Waals surface area contributed by atoms with Gasteiger partial charge in [0, 0.05) is 113 Å². The Morgan fingerprint density at radius 3 is 1.38 bits per heavy atom. The second kappa shape index (κ2) is 36.4. The van der Waals surface area contributed by atoms with Gasteiger partial charge in [-0.15, -0.1) is 36.7 Å². The topological polar surface area (TPSA) is 343 Å². The van der Waals surface area contributed by atoms with Crippen LogP contribution in [0.4, 0.5) is 26.3 Å². The molecule has 2 amide bonds. The van der Waals surface area contributed by atoms with E-state index in [4.69, 9.17) is 63.7 Å². The number of ether oxygens (including phenoxy) is 11. The first-order valence-electron chi connectivity index (χ1n) is 39.3. The number of esters is 5. The average Bonchev–Trinajstić information content (AvgIpc) is 1.42. The standard InChI is InChI=1S/C44H41F3N4O10S.C35H35F3N4O9S.C9H7ClO/c1-6-14-50-27-16-25-15-21(2)36(56-5)40(61-30(53)13-12-24-10-8-7-9-11-24)31(25)34(50)35-41-33-32(39-38(58-20-59-39)22(3)37(33)60-23(4)52)29(51(35)28(27)17-48)18-57-42(54)26(19-62-41)49-43(55)44(45,46)47;1-6-7-41-19-9-17-8-14(2)28(47-5)27(44)22(17)25(41)26-32-24-23(31-30(49-13-50-31)15(3)29(24)51-16(4)43)21(42(26)20(19)10-39)11-48-33(45)18(12-52-32)40-34(46)35(36,37)38;10-9(11)7-6-8-4-2-1-3-5-8/h6-13,15,26-29,34-35,41H,1,14,16,18-20H2,2-5H3,(H,49,55);6,8,18-21,25-26,32,44H,1,7,9,11-13H2,2-5H3,(H,40,46);1-7H/b13-12+;;7-6+/t26?,27-,28-,29-,34+,35?,41+;18?,19-,20-,21-,25+,26?,32+;/m00./s1. The molecule has 656 valence electrons. The fraction of sp³-hybridized carbons (Fsp3) is 0.386. The number of piperazine rings is 2. The smallest absolute Gasteiger partial charge is 0.471 e. The van der Waals surface area contributed by atoms with Gasteiger partial charge in [-0.05, 0) is 97.7 Å². The molecule has 0 saturated carbocycles. The summed E-state index contributed by atoms with van der Waals surface area (Å²) in [5, 5.41) is 35.5. The molecule has 6 aromatic rings. The number of phenols is 1. The summed E-state index contributed by atoms with van der Waals surface area (Å²) in [5.74, 6) is -7.84. The summed E-state index contributed by atoms with van der Waals surface area (Å²) in [6.07, 6.45) is -0.639. The Morgan fingerprint density at radius 2 is 0.976 bits per heavy atom. The van der Waals surface area contributed by atoms with Crippen molar-refractivity contribution in [3.63, 3.8) is 0 Å². The highest BCUT2D eigenvalue weighted by atomic mass is 35.5. The van der Waals surface area contributed by atoms with Gasteiger partial charge in [-0.25, -0.2) is 14.4 Å². The van der Waals surface area contributed by atoms with Crippen LogP contribution in [0, 0.1) is 50.4 Å². The number of benzene rings is 6. The van der Waals surface area contributed by atoms with Gasteiger partial charge in [0.15, 0.2) is 46.0 Å². The minimum atomic E-state index is -5.31. The fourth-order valence-electron chi connectivity index (χ4n) is 18.8. The van der Waals surface area contributed by atoms with Crippen molar-refractivity contribution < 1.29 is 122 Å². The molecule has 37 heteroatoms. The lowest BCUT2D eigenvalue weighted by atomic mass is 9.71. The fourth-order valence-corrected chi connectivity index (χ4v) is 21.9. The summed E-state index contributed by atoms with van der Waals surface area (Å²) >= 11 is 7.14. The summed E-state index contributed by atoms with van der Waals surface area (Å²) in [6.45, 7) is 16.6. The summed E-state index contributed by atoms with van der Waals surface area (Å²) in [5.41, 5.74) is 8.21. The van der Waals surface area contributed by atoms with E-state index in [0.29, 0.717) is 80.0 Å². The summed E-state index contributed by atoms with van der Waals surface area (Å²) in [6, 6.07) is 16.1. The van der Waals surface area contributed by atoms with E-state index in [2.05, 4.69) is 35.1 Å². The van der Waals surface area contributed by atoms with Crippen LogP contribution in [0.15, 0.2) is 110 Å². The van der Waals surface area contributed by atoms with Crippen molar-refractivity contribution in [2.24, 2.45) is 0 Å². The van der Waals surface area contributed by atoms with Crippen molar-refractivity contribution in [1.82, 2.24) is 30.2 Å². The quantitative estimate of drug-likeness (QED) is 0.0215. The number of amides is 2. The Hall–Kier alpha value is -11.8. The minimum Gasteiger partial charge on any atom is -0.504 e. The third-order valence-corrected chi connectivity index (χ3v) is 26.3. The van der Waals surface area contributed by atoms with Crippen LogP contribution in [-0.2, 0) is 60.7 Å². The van der Waals surface area contributed by atoms with Gasteiger partial charge in [-0.3, -0.25) is 43.6 Å². The molecule has 0 aromatic heterocycles. The van der Waals surface area contributed by atoms with Gasteiger partial charge >= 0.3 is 54.0 Å². The molecule has 8 bridgehead atoms. The Balaban J connectivity index is 0.000000183. The molecule has 4 fully saturated rings. The molecule has 6 aromatic carbocycles. The number of alkyl halides is 6. The maximum Gasteiger partial charge on any atom is 0.471 e. The Morgan fingerprint density at radius 1 is 0.568 bits per heavy atom. The number of fused-ring (bicyclic) bond motifs is 18. The molecule has 16 rings (SSSR count). The summed E-state index contributed by atoms with van der Waals surface area (Å²) in [4.78, 5) is 109. The number of aromatic hydroxyl groups is 1. The number of aryl methyl sites for hydroxylation is 2. The lowest BCUT2D eigenvalue weighted by molar-refractivity contribution is -0.176. The van der Waals surface area contributed by atoms with Gasteiger partial charge in [0.05, 0.1) is 61.0 Å². The van der Waals surface area contributed by atoms with Crippen molar-refractivity contribution in [2.45, 2.75) is 150 Å². The molecule has 3 N–H and O–H groups in total. The van der Waals surface area contributed by atoms with E-state index in [0.717, 1.165) is 45.8 Å². The predicted octanol–water partition coefficient (Wildman–Crippen LogP) is 12.0. The molecule has 4 unspecified atom stereocenters. The molecule has 0 aliphatic carbocycles. The van der Waals surface area contributed by atoms with Crippen LogP contribution in [-0.4, -0.2) is 198 Å². The minimum absolute atomic E-state index is 0.0998. The number of nitrogens with one attached hydrogen (secondary N) is 2. The maximum atomic E-state index is 13.8. The predicted molar refractivity (Wildman–Crippen MR) is 440 cm³/mol. The molecule has 0 spiro atoms. The van der Waals surface area contributed by atoms with Crippen LogP contribution >= 0.6 is 35.1 Å². The molecule has 4 saturated heterocycles. The number of cyclic esters (lactones) is 2. The normalized spacial score (nSPS) is 24.8. The zero-order chi connectivity index (χ0) is 89.7. The first-order chi connectivity index (χ1) is 59.7. The number of methoxy groups -OCH3 is 2. The number of halogens is 7. The van der Waals surface area contributed by atoms with Crippen LogP contribution in [0.3, 0.4) is 0 Å². The van der Waals surface area contributed by atoms with E-state index in [1.807, 2.05) is 89.5 Å². The molecule has 10 heterocycles. The van der Waals surface area contributed by atoms with E-state index in [1.165, 1.54) is 40.2 Å². The van der Waals surface area contributed by atoms with Gasteiger partial charge in [-0.1, -0.05) is 91.0 Å². The van der Waals surface area contributed by atoms with Crippen molar-refractivity contribution in [3.05, 3.63) is 188 Å². The summed E-state index contributed by atoms with van der Waals surface area (Å²) < 4.78 is 147. The van der Waals surface area contributed by atoms with Crippen molar-refractivity contribution in [2.75, 3.05) is 65.6 Å². The number of allylic oxidation sites excluding steroid dienone is 1. The van der Waals surface area contributed by atoms with E-state index in [9.17, 15) is 80.3 Å². The zero-order valence-corrected chi connectivity index (χ0v) is 70.7. The molecule has 14 atom stereocenters. The number of rotatable bonds is 15. The average molecular weight is 1790 g/mol. The number of hydrogen-bond donors (Lipinski definition) is 3. The molecule has 10 aliphatic rings. The van der Waals surface area contributed by atoms with Gasteiger partial charge in [0.25, 0.3) is 0 Å². The number of nitrogens with zero attached hydrogens (tertiary/aromatic N) is 6. The Labute approximate surface area is 726 Å². The second-order valence-corrected chi connectivity index (χ2v) is 33.4. The number of phenolic OH excluding ortho intramolecular Hbond substituents is 1. The van der Waals surface area contributed by atoms with Crippen molar-refractivity contribution >= 4 is 94.2 Å². The van der Waals surface area contributed by atoms with Gasteiger partial charge in [0.1, 0.15) is 48.9 Å². The SMILES string of the molecule is C=CCN1[C@@H]2c3c(cc(C)c(OC)c3O)C[C@H]1[C@H](C#N)N1C2[C@@H]2SCC(NC(=O)C(F)(F)F)C(=O)OC[C@H]1c1c3c(c(C)c(OC(C)=O)c12)OCO3.C=CCN1[C@@H]2c3c(cc(C)c(OC)c3OC(=O)/C=C/c3ccccc3)C[C@H]1[C@H](C#N)N1C2[C@@H]2SCC(NC(=O)C(F)(F)F)C(=O)OC[C@H]1c1c3c(c(C)c(OC(C)=O)c12)OCO3.O=C(Cl)/C=C/c1ccccc1. The molecule has 125 heavy (non-hydrogen) atoms. The van der Waals surface area contributed by atoms with Crippen molar-refractivity contribution in [3.8, 4) is 69.6 Å². The van der Waals surface area contributed by atoms with E-state index < -0.39 is 167 Å². The monoisotopic (exact) mass is 1780 g/mol. The number of carbonyl (C=O) groups is 8. The van der Waals surface area contributed by atoms with Gasteiger partial charge < -0.3 is 67.8 Å². The van der Waals surface area contributed by atoms with Crippen LogP contribution in [0.25, 0.3) is 12.2 Å². The van der Waals surface area contributed by atoms with E-state index in [-0.39, 0.29) is 72.7 Å². The highest BCUT2D eigenvalue weighted by Crippen LogP contribution is 2.67. The van der Waals surface area contributed by atoms with Crippen LogP contribution in [0.1, 0.15) is 126 Å². The lowest BCUT2D eigenvalue weighted by Gasteiger charge is -2.62. The number of nitriles is 2. The number of carbonyl (C=O) groups excluding carboxylic acids is 8. The van der Waals surface area contributed by atoms with Crippen molar-refractivity contribution in [1.29, 1.82) is 10.5 Å². The largest absolute Gasteiger partial charge is 0.504 e. The first-order valence-corrected chi connectivity index (χ1v) is 41.8. The molecule has 0 radical (unpaired) electrons. The Kier molecular flexibility index (Phi) is 26.1. The van der Waals surface area contributed by atoms with Gasteiger partial charge in [-0.2, -0.15) is 36.9 Å². The number of hydrogen-bond acceptors (Lipinski definition) is 28. The highest BCUT2D eigenvalue weighted by Gasteiger charge is 2.64. The number of thioether (sulfide) groups is 2. The summed E-state index contributed by atoms with van der Waals surface area (Å²) in [7, 11) is 2.90. The first kappa shape index (κ1) is 89.5. The highest BCUT2D eigenvalue weighted by molar-refractivity contribution is 7.99. The van der Waals surface area contributed by atoms with Crippen LogP contribution in [0.2, 0.25) is 0 Å². The molecule has 28 nitrogen and oxygen atoms in total. The van der Waals surface area contributed by atoms with Crippen LogP contribution in [0.5, 0.6) is 57.5 Å². The van der Waals surface area contributed by atoms with E-state index >= 15 is 0 Å². The third kappa shape index (κ3) is 16.9. The van der Waals surface area contributed by atoms with Crippen LogP contribution < -0.4 is 53.3 Å². The molecular formula is C88H83ClF6N8O20S2. The van der Waals surface area contributed by atoms with Gasteiger partial charge in [0.2, 0.25) is 18.8 Å². The Bertz CT molecular complexity index is 5540. The zero-order valence-electron chi connectivity index (χ0n) is 68.3. The molecule has 10 aliphatic heterocycles. The molecular weight excluding hydrogens is 1700 g/mol. The second-order valence-electron chi connectivity index (χ2n) is 30.6. The lowest BCUT2D eigenvalue weighted by Crippen LogP contribution is -2.70. The maximum absolute atomic E-state index is 13.8. The van der Waals surface area contributed by atoms with E-state index in [1.54, 1.807) is 55.7 Å².